The van der Waals surface area contributed by atoms with Gasteiger partial charge < -0.3 is 0 Å². The smallest absolute Gasteiger partial charge is 0.257 e. The maximum absolute atomic E-state index is 11.6. The average Bonchev–Trinajstić information content (AvgIpc) is 2.87. The van der Waals surface area contributed by atoms with Crippen LogP contribution in [0.5, 0.6) is 0 Å². The van der Waals surface area contributed by atoms with E-state index in [1.807, 2.05) is 0 Å². The van der Waals surface area contributed by atoms with Crippen LogP contribution in [0.25, 0.3) is 0 Å². The molecule has 3 aliphatic rings. The number of amides is 4. The average molecular weight is 268 g/mol. The Kier molecular flexibility index (Phi) is 2.02. The first-order chi connectivity index (χ1) is 8.06. The Balaban J connectivity index is 1.98. The molecule has 3 rings (SSSR count). The van der Waals surface area contributed by atoms with Gasteiger partial charge in [0, 0.05) is 24.3 Å². The van der Waals surface area contributed by atoms with Gasteiger partial charge in [-0.3, -0.25) is 19.2 Å². The van der Waals surface area contributed by atoms with E-state index in [0.29, 0.717) is 0 Å². The molecule has 0 aliphatic carbocycles. The predicted octanol–water partition coefficient (Wildman–Crippen LogP) is -0.157. The third-order valence-corrected chi connectivity index (χ3v) is 5.01. The van der Waals surface area contributed by atoms with Gasteiger partial charge in [-0.1, -0.05) is 0 Å². The second-order valence-electron chi connectivity index (χ2n) is 3.41. The molecule has 1 fully saturated rings. The summed E-state index contributed by atoms with van der Waals surface area (Å²) in [6, 6.07) is 0. The number of imide groups is 2. The molecule has 0 unspecified atom stereocenters. The van der Waals surface area contributed by atoms with Gasteiger partial charge in [-0.15, -0.1) is 0 Å². The molecule has 0 bridgehead atoms. The fourth-order valence-corrected chi connectivity index (χ4v) is 3.85. The fraction of sp³-hybridized carbons (Fsp3) is 0.111. The Bertz CT molecular complexity index is 455. The van der Waals surface area contributed by atoms with Crippen LogP contribution in [-0.2, 0) is 19.2 Å². The SMILES string of the molecule is O=C1C=CC(=O)N1C1(N2C(=O)C=CC2=O)SS1. The topological polar surface area (TPSA) is 74.8 Å². The first-order valence-electron chi connectivity index (χ1n) is 4.55. The zero-order chi connectivity index (χ0) is 12.2. The van der Waals surface area contributed by atoms with Crippen LogP contribution in [0, 0.1) is 0 Å². The number of nitrogens with zero attached hydrogens (tertiary/aromatic N) is 2. The van der Waals surface area contributed by atoms with Crippen molar-refractivity contribution in [2.24, 2.45) is 0 Å². The Labute approximate surface area is 103 Å². The van der Waals surface area contributed by atoms with Crippen molar-refractivity contribution in [2.75, 3.05) is 0 Å². The molecule has 0 aromatic heterocycles. The Morgan fingerprint density at radius 1 is 0.706 bits per heavy atom. The first-order valence-corrected chi connectivity index (χ1v) is 6.70. The Hall–Kier alpha value is -1.54. The lowest BCUT2D eigenvalue weighted by Crippen LogP contribution is -2.54. The molecule has 86 valence electrons. The van der Waals surface area contributed by atoms with Crippen molar-refractivity contribution >= 4 is 45.2 Å². The van der Waals surface area contributed by atoms with Crippen molar-refractivity contribution in [2.45, 2.75) is 4.33 Å². The van der Waals surface area contributed by atoms with Gasteiger partial charge in [-0.25, -0.2) is 9.80 Å². The van der Waals surface area contributed by atoms with E-state index in [4.69, 9.17) is 0 Å². The highest BCUT2D eigenvalue weighted by atomic mass is 33.2. The molecule has 3 heterocycles. The third-order valence-electron chi connectivity index (χ3n) is 2.42. The molecule has 0 aromatic rings. The van der Waals surface area contributed by atoms with Crippen LogP contribution in [0.2, 0.25) is 0 Å². The van der Waals surface area contributed by atoms with E-state index in [9.17, 15) is 19.2 Å². The van der Waals surface area contributed by atoms with E-state index < -0.39 is 28.0 Å². The highest BCUT2D eigenvalue weighted by molar-refractivity contribution is 8.93. The minimum absolute atomic E-state index is 0.514. The van der Waals surface area contributed by atoms with Crippen LogP contribution >= 0.6 is 21.6 Å². The fourth-order valence-electron chi connectivity index (χ4n) is 1.64. The Morgan fingerprint density at radius 3 is 1.24 bits per heavy atom. The van der Waals surface area contributed by atoms with Crippen LogP contribution in [0.4, 0.5) is 0 Å². The largest absolute Gasteiger partial charge is 0.269 e. The minimum Gasteiger partial charge on any atom is -0.269 e. The van der Waals surface area contributed by atoms with Crippen molar-refractivity contribution in [3.63, 3.8) is 0 Å². The maximum atomic E-state index is 11.6. The van der Waals surface area contributed by atoms with Crippen LogP contribution in [0.15, 0.2) is 24.3 Å². The molecule has 0 saturated carbocycles. The lowest BCUT2D eigenvalue weighted by molar-refractivity contribution is -0.148. The summed E-state index contributed by atoms with van der Waals surface area (Å²) < 4.78 is -1.23. The first kappa shape index (κ1) is 10.6. The number of rotatable bonds is 2. The van der Waals surface area contributed by atoms with Gasteiger partial charge in [0.2, 0.25) is 4.33 Å². The number of hydrogen-bond acceptors (Lipinski definition) is 6. The molecule has 17 heavy (non-hydrogen) atoms. The molecule has 3 aliphatic heterocycles. The van der Waals surface area contributed by atoms with Gasteiger partial charge in [0.15, 0.2) is 0 Å². The summed E-state index contributed by atoms with van der Waals surface area (Å²) in [7, 11) is 2.26. The van der Waals surface area contributed by atoms with Crippen LogP contribution in [-0.4, -0.2) is 37.8 Å². The second kappa shape index (κ2) is 3.23. The molecular formula is C9H4N2O4S2. The van der Waals surface area contributed by atoms with Crippen LogP contribution < -0.4 is 0 Å². The summed E-state index contributed by atoms with van der Waals surface area (Å²) in [5.74, 6) is -2.06. The Morgan fingerprint density at radius 2 is 1.00 bits per heavy atom. The zero-order valence-electron chi connectivity index (χ0n) is 8.15. The van der Waals surface area contributed by atoms with Crippen LogP contribution in [0.3, 0.4) is 0 Å². The molecule has 1 saturated heterocycles. The normalized spacial score (nSPS) is 25.4. The molecule has 0 radical (unpaired) electrons. The van der Waals surface area contributed by atoms with Gasteiger partial charge in [-0.2, -0.15) is 0 Å². The minimum atomic E-state index is -1.23. The molecule has 0 N–H and O–H groups in total. The summed E-state index contributed by atoms with van der Waals surface area (Å²) in [4.78, 5) is 48.1. The maximum Gasteiger partial charge on any atom is 0.257 e. The van der Waals surface area contributed by atoms with Crippen molar-refractivity contribution < 1.29 is 19.2 Å². The van der Waals surface area contributed by atoms with Crippen LogP contribution in [0.1, 0.15) is 0 Å². The molecule has 6 nitrogen and oxygen atoms in total. The molecule has 0 spiro atoms. The standard InChI is InChI=1S/C9H4N2O4S2/c12-5-1-2-6(13)10(5)9(16-17-9)11-7(14)3-4-8(11)15/h1-4H. The summed E-state index contributed by atoms with van der Waals surface area (Å²) in [6.07, 6.45) is 4.51. The highest BCUT2D eigenvalue weighted by Gasteiger charge is 2.65. The zero-order valence-corrected chi connectivity index (χ0v) is 9.79. The van der Waals surface area contributed by atoms with E-state index >= 15 is 0 Å². The lowest BCUT2D eigenvalue weighted by Gasteiger charge is -2.29. The van der Waals surface area contributed by atoms with E-state index in [0.717, 1.165) is 55.7 Å². The molecular weight excluding hydrogens is 264 g/mol. The van der Waals surface area contributed by atoms with Gasteiger partial charge in [-0.05, 0) is 21.6 Å². The monoisotopic (exact) mass is 268 g/mol. The van der Waals surface area contributed by atoms with Crippen molar-refractivity contribution in [1.82, 2.24) is 9.80 Å². The van der Waals surface area contributed by atoms with E-state index in [1.165, 1.54) is 0 Å². The molecule has 0 atom stereocenters. The molecule has 4 amide bonds. The lowest BCUT2D eigenvalue weighted by atomic mass is 10.5. The summed E-state index contributed by atoms with van der Waals surface area (Å²) in [6.45, 7) is 0. The van der Waals surface area contributed by atoms with Crippen molar-refractivity contribution in [1.29, 1.82) is 0 Å². The number of carbonyl (C=O) groups is 4. The van der Waals surface area contributed by atoms with E-state index in [1.54, 1.807) is 0 Å². The highest BCUT2D eigenvalue weighted by Crippen LogP contribution is 2.69. The summed E-state index contributed by atoms with van der Waals surface area (Å²) >= 11 is 0. The molecule has 0 aromatic carbocycles. The van der Waals surface area contributed by atoms with Gasteiger partial charge >= 0.3 is 0 Å². The van der Waals surface area contributed by atoms with E-state index in [-0.39, 0.29) is 0 Å². The molecule has 8 heteroatoms. The van der Waals surface area contributed by atoms with Crippen molar-refractivity contribution in [3.8, 4) is 0 Å². The quantitative estimate of drug-likeness (QED) is 0.393. The third kappa shape index (κ3) is 1.31. The van der Waals surface area contributed by atoms with Crippen molar-refractivity contribution in [3.05, 3.63) is 24.3 Å². The van der Waals surface area contributed by atoms with Gasteiger partial charge in [0.05, 0.1) is 0 Å². The number of carbonyl (C=O) groups excluding carboxylic acids is 4. The second-order valence-corrected chi connectivity index (χ2v) is 6.14. The summed E-state index contributed by atoms with van der Waals surface area (Å²) in [5, 5.41) is 0. The predicted molar refractivity (Wildman–Crippen MR) is 59.9 cm³/mol. The van der Waals surface area contributed by atoms with Gasteiger partial charge in [0.1, 0.15) is 0 Å². The van der Waals surface area contributed by atoms with Gasteiger partial charge in [0.25, 0.3) is 23.6 Å². The van der Waals surface area contributed by atoms with E-state index in [2.05, 4.69) is 0 Å². The summed E-state index contributed by atoms with van der Waals surface area (Å²) in [5.41, 5.74) is 0. The number of hydrogen-bond donors (Lipinski definition) is 0.